The van der Waals surface area contributed by atoms with Gasteiger partial charge in [-0.1, -0.05) is 15.8 Å². The fraction of sp³-hybridized carbons (Fsp3) is 0. The van der Waals surface area contributed by atoms with E-state index in [4.69, 9.17) is 2.56 Å². The lowest BCUT2D eigenvalue weighted by molar-refractivity contribution is 4.94. The molecule has 5 heteroatoms. The van der Waals surface area contributed by atoms with Gasteiger partial charge in [0.15, 0.2) is 0 Å². The summed E-state index contributed by atoms with van der Waals surface area (Å²) in [5.74, 6) is 0. The highest BCUT2D eigenvalue weighted by Crippen LogP contribution is 2.54. The molecule has 0 aliphatic rings. The molecule has 4 atom stereocenters. The van der Waals surface area contributed by atoms with Gasteiger partial charge in [0, 0.05) is 0 Å². The summed E-state index contributed by atoms with van der Waals surface area (Å²) >= 11 is 0. The van der Waals surface area contributed by atoms with Crippen molar-refractivity contribution >= 4 is 40.4 Å². The fourth-order valence-corrected chi connectivity index (χ4v) is 4.68. The molecule has 0 saturated heterocycles. The van der Waals surface area contributed by atoms with E-state index in [2.05, 4.69) is 8.93 Å². The van der Waals surface area contributed by atoms with E-state index in [0.717, 1.165) is 0 Å². The molecular formula is H7BP4. The van der Waals surface area contributed by atoms with Crippen molar-refractivity contribution < 1.29 is 0 Å². The van der Waals surface area contributed by atoms with Crippen LogP contribution in [0.1, 0.15) is 0 Å². The molecule has 0 nitrogen and oxygen atoms in total. The van der Waals surface area contributed by atoms with Gasteiger partial charge < -0.3 is 0 Å². The summed E-state index contributed by atoms with van der Waals surface area (Å²) in [5.41, 5.74) is 0. The predicted octanol–water partition coefficient (Wildman–Crippen LogP) is 1.19. The summed E-state index contributed by atoms with van der Waals surface area (Å²) in [7, 11) is 3.64. The van der Waals surface area contributed by atoms with Crippen molar-refractivity contribution in [1.29, 1.82) is 2.56 Å². The monoisotopic (exact) mass is 144 g/mol. The van der Waals surface area contributed by atoms with Crippen LogP contribution >= 0.6 is 32.9 Å². The molecule has 0 aliphatic carbocycles. The maximum Gasteiger partial charge on any atom is 0.135 e. The van der Waals surface area contributed by atoms with E-state index in [1.54, 1.807) is 0 Å². The van der Waals surface area contributed by atoms with E-state index in [1.807, 2.05) is 7.57 Å². The molecule has 0 aromatic heterocycles. The van der Waals surface area contributed by atoms with Crippen molar-refractivity contribution in [2.45, 2.75) is 0 Å². The third kappa shape index (κ3) is 5.78. The molecular weight excluding hydrogens is 135 g/mol. The van der Waals surface area contributed by atoms with Gasteiger partial charge in [0.05, 0.1) is 2.56 Å². The van der Waals surface area contributed by atoms with Crippen molar-refractivity contribution in [2.75, 3.05) is 0 Å². The highest BCUT2D eigenvalue weighted by molar-refractivity contribution is 8.60. The Bertz CT molecular complexity index is 47.0. The lowest BCUT2D eigenvalue weighted by atomic mass is 10.8. The first-order chi connectivity index (χ1) is 3.18. The standard InChI is InChI=1S/BH7P4/c1-3-5-4-2/h3-5H,1-2H2/i4D,5D. The molecule has 5 heavy (non-hydrogen) atoms. The van der Waals surface area contributed by atoms with Crippen LogP contribution in [0.3, 0.4) is 0 Å². The molecule has 0 N–H and O–H groups in total. The maximum atomic E-state index is 7.17. The maximum absolute atomic E-state index is 7.17. The predicted molar refractivity (Wildman–Crippen MR) is 43.2 cm³/mol. The zero-order chi connectivity index (χ0) is 5.86. The van der Waals surface area contributed by atoms with Gasteiger partial charge in [-0.05, 0) is 0 Å². The summed E-state index contributed by atoms with van der Waals surface area (Å²) in [6.45, 7) is 0. The zero-order valence-electron chi connectivity index (χ0n) is 4.97. The van der Waals surface area contributed by atoms with Gasteiger partial charge in [0.1, 0.15) is 7.57 Å². The molecule has 0 amide bonds. The molecule has 0 fully saturated rings. The van der Waals surface area contributed by atoms with Crippen LogP contribution in [0.2, 0.25) is 0 Å². The van der Waals surface area contributed by atoms with Gasteiger partial charge in [-0.15, -0.1) is 17.1 Å². The molecule has 0 rings (SSSR count). The van der Waals surface area contributed by atoms with Gasteiger partial charge in [0.25, 0.3) is 0 Å². The van der Waals surface area contributed by atoms with E-state index in [0.29, 0.717) is 8.15 Å². The highest BCUT2D eigenvalue weighted by atomic mass is 32.6. The Kier molecular flexibility index (Phi) is 4.33. The Morgan fingerprint density at radius 1 is 2.00 bits per heavy atom. The van der Waals surface area contributed by atoms with Gasteiger partial charge in [-0.3, -0.25) is 0 Å². The topological polar surface area (TPSA) is 0 Å². The van der Waals surface area contributed by atoms with Crippen molar-refractivity contribution in [1.82, 2.24) is 0 Å². The van der Waals surface area contributed by atoms with Gasteiger partial charge in [-0.2, -0.15) is 0 Å². The van der Waals surface area contributed by atoms with Crippen molar-refractivity contribution in [3.8, 4) is 0 Å². The second-order valence-electron chi connectivity index (χ2n) is 0.439. The SMILES string of the molecule is [2H]P(P)P([2H])PB. The normalized spacial score (nSPS) is 29.0. The first kappa shape index (κ1) is 3.75. The minimum absolute atomic E-state index is 0.664. The van der Waals surface area contributed by atoms with Crippen LogP contribution in [0.15, 0.2) is 0 Å². The van der Waals surface area contributed by atoms with Crippen molar-refractivity contribution in [3.05, 3.63) is 0 Å². The summed E-state index contributed by atoms with van der Waals surface area (Å²) in [5, 5.41) is 0. The smallest absolute Gasteiger partial charge is 0.135 e. The van der Waals surface area contributed by atoms with E-state index >= 15 is 0 Å². The average Bonchev–Trinajstić information content (AvgIpc) is 1.65. The molecule has 0 radical (unpaired) electrons. The largest absolute Gasteiger partial charge is 0.137 e. The Balaban J connectivity index is 3.14. The van der Waals surface area contributed by atoms with E-state index in [1.165, 1.54) is 0 Å². The van der Waals surface area contributed by atoms with Gasteiger partial charge in [0.2, 0.25) is 0 Å². The lowest BCUT2D eigenvalue weighted by Crippen LogP contribution is -1.16. The minimum Gasteiger partial charge on any atom is -0.137 e. The first-order valence-corrected chi connectivity index (χ1v) is 7.64. The van der Waals surface area contributed by atoms with Crippen LogP contribution in [0.25, 0.3) is 0 Å². The van der Waals surface area contributed by atoms with E-state index in [9.17, 15) is 0 Å². The summed E-state index contributed by atoms with van der Waals surface area (Å²) in [6.07, 6.45) is 0. The Morgan fingerprint density at radius 3 is 2.60 bits per heavy atom. The van der Waals surface area contributed by atoms with E-state index < -0.39 is 15.8 Å². The van der Waals surface area contributed by atoms with Crippen LogP contribution in [0.4, 0.5) is 0 Å². The van der Waals surface area contributed by atoms with Crippen LogP contribution in [-0.4, -0.2) is 10.1 Å². The molecule has 0 aromatic carbocycles. The molecule has 0 bridgehead atoms. The second kappa shape index (κ2) is 5.78. The van der Waals surface area contributed by atoms with Crippen molar-refractivity contribution in [3.63, 3.8) is 0 Å². The Morgan fingerprint density at radius 2 is 2.60 bits per heavy atom. The third-order valence-electron chi connectivity index (χ3n) is 0.158. The third-order valence-corrected chi connectivity index (χ3v) is 7.38. The van der Waals surface area contributed by atoms with Gasteiger partial charge >= 0.3 is 0 Å². The van der Waals surface area contributed by atoms with Gasteiger partial charge in [-0.25, -0.2) is 0 Å². The lowest BCUT2D eigenvalue weighted by Gasteiger charge is -1.81. The molecule has 30 valence electrons. The highest BCUT2D eigenvalue weighted by Gasteiger charge is 1.66. The molecule has 0 saturated carbocycles. The van der Waals surface area contributed by atoms with E-state index in [-0.39, 0.29) is 0 Å². The first-order valence-electron chi connectivity index (χ1n) is 2.08. The second-order valence-corrected chi connectivity index (χ2v) is 7.83. The molecule has 0 aromatic rings. The molecule has 0 aliphatic heterocycles. The molecule has 0 spiro atoms. The number of hydrogen-bond acceptors (Lipinski definition) is 0. The number of hydrogen-bond donors (Lipinski definition) is 0. The summed E-state index contributed by atoms with van der Waals surface area (Å²) in [4.78, 5) is 0. The number of rotatable bonds is 2. The fourth-order valence-electron chi connectivity index (χ4n) is 0.0577. The van der Waals surface area contributed by atoms with Crippen molar-refractivity contribution in [2.24, 2.45) is 0 Å². The Labute approximate surface area is 43.8 Å². The quantitative estimate of drug-likeness (QED) is 0.403. The summed E-state index contributed by atoms with van der Waals surface area (Å²) in [6, 6.07) is 0. The van der Waals surface area contributed by atoms with Crippen LogP contribution in [0, 0.1) is 0 Å². The van der Waals surface area contributed by atoms with Crippen LogP contribution in [0.5, 0.6) is 0 Å². The van der Waals surface area contributed by atoms with Crippen LogP contribution < -0.4 is 0 Å². The van der Waals surface area contributed by atoms with Crippen LogP contribution in [-0.2, 0) is 0 Å². The average molecular weight is 144 g/mol. The molecule has 4 unspecified atom stereocenters. The zero-order valence-corrected chi connectivity index (χ0v) is 6.92. The summed E-state index contributed by atoms with van der Waals surface area (Å²) < 4.78 is 14.2. The minimum atomic E-state index is -0.751. The Hall–Kier alpha value is 1.78. The molecule has 0 heterocycles.